The topological polar surface area (TPSA) is 52.3 Å². The minimum atomic E-state index is -0.416. The van der Waals surface area contributed by atoms with Crippen LogP contribution in [0.1, 0.15) is 21.5 Å². The van der Waals surface area contributed by atoms with Gasteiger partial charge in [0.15, 0.2) is 0 Å². The van der Waals surface area contributed by atoms with E-state index in [2.05, 4.69) is 0 Å². The van der Waals surface area contributed by atoms with E-state index in [1.165, 1.54) is 5.56 Å². The van der Waals surface area contributed by atoms with E-state index < -0.39 is 5.91 Å². The maximum absolute atomic E-state index is 10.9. The van der Waals surface area contributed by atoms with Crippen LogP contribution in [0.5, 0.6) is 5.75 Å². The molecule has 0 bridgehead atoms. The van der Waals surface area contributed by atoms with Crippen molar-refractivity contribution in [3.05, 3.63) is 65.2 Å². The Kier molecular flexibility index (Phi) is 3.63. The van der Waals surface area contributed by atoms with E-state index in [1.54, 1.807) is 12.1 Å². The zero-order chi connectivity index (χ0) is 13.0. The van der Waals surface area contributed by atoms with Crippen molar-refractivity contribution in [3.8, 4) is 5.75 Å². The summed E-state index contributed by atoms with van der Waals surface area (Å²) >= 11 is 0. The first-order chi connectivity index (χ1) is 8.65. The lowest BCUT2D eigenvalue weighted by molar-refractivity contribution is 0.1000. The summed E-state index contributed by atoms with van der Waals surface area (Å²) in [5, 5.41) is 0. The van der Waals surface area contributed by atoms with Gasteiger partial charge in [0.05, 0.1) is 0 Å². The van der Waals surface area contributed by atoms with Gasteiger partial charge in [0.2, 0.25) is 5.91 Å². The number of amides is 1. The Hall–Kier alpha value is -2.29. The largest absolute Gasteiger partial charge is 0.489 e. The van der Waals surface area contributed by atoms with Gasteiger partial charge in [-0.3, -0.25) is 4.79 Å². The highest BCUT2D eigenvalue weighted by atomic mass is 16.5. The fourth-order valence-electron chi connectivity index (χ4n) is 1.57. The lowest BCUT2D eigenvalue weighted by Crippen LogP contribution is -2.10. The second-order valence-corrected chi connectivity index (χ2v) is 4.16. The summed E-state index contributed by atoms with van der Waals surface area (Å²) in [5.41, 5.74) is 7.88. The molecule has 0 aromatic heterocycles. The lowest BCUT2D eigenvalue weighted by atomic mass is 10.1. The van der Waals surface area contributed by atoms with Crippen LogP contribution >= 0.6 is 0 Å². The van der Waals surface area contributed by atoms with Crippen LogP contribution in [0.25, 0.3) is 0 Å². The smallest absolute Gasteiger partial charge is 0.248 e. The number of carbonyl (C=O) groups is 1. The molecule has 2 aromatic rings. The van der Waals surface area contributed by atoms with E-state index in [4.69, 9.17) is 10.5 Å². The van der Waals surface area contributed by atoms with E-state index in [9.17, 15) is 4.79 Å². The Morgan fingerprint density at radius 1 is 1.06 bits per heavy atom. The highest BCUT2D eigenvalue weighted by Gasteiger charge is 2.00. The van der Waals surface area contributed by atoms with Crippen LogP contribution in [0.4, 0.5) is 0 Å². The normalized spacial score (nSPS) is 10.1. The minimum absolute atomic E-state index is 0.416. The average molecular weight is 241 g/mol. The molecular weight excluding hydrogens is 226 g/mol. The van der Waals surface area contributed by atoms with Crippen molar-refractivity contribution in [2.75, 3.05) is 0 Å². The third-order valence-electron chi connectivity index (χ3n) is 2.66. The van der Waals surface area contributed by atoms with Crippen LogP contribution in [-0.2, 0) is 6.61 Å². The number of benzene rings is 2. The van der Waals surface area contributed by atoms with E-state index in [1.807, 2.05) is 43.3 Å². The second-order valence-electron chi connectivity index (χ2n) is 4.16. The van der Waals surface area contributed by atoms with Crippen LogP contribution < -0.4 is 10.5 Å². The summed E-state index contributed by atoms with van der Waals surface area (Å²) in [6.45, 7) is 2.51. The fourth-order valence-corrected chi connectivity index (χ4v) is 1.57. The highest BCUT2D eigenvalue weighted by Crippen LogP contribution is 2.14. The van der Waals surface area contributed by atoms with Gasteiger partial charge in [-0.25, -0.2) is 0 Å². The van der Waals surface area contributed by atoms with Crippen molar-refractivity contribution in [1.82, 2.24) is 0 Å². The number of primary amides is 1. The van der Waals surface area contributed by atoms with Gasteiger partial charge < -0.3 is 10.5 Å². The Morgan fingerprint density at radius 2 is 1.67 bits per heavy atom. The molecule has 0 aliphatic heterocycles. The molecule has 1 amide bonds. The predicted molar refractivity (Wildman–Crippen MR) is 70.5 cm³/mol. The second kappa shape index (κ2) is 5.36. The molecule has 2 N–H and O–H groups in total. The zero-order valence-electron chi connectivity index (χ0n) is 10.2. The molecule has 0 aliphatic carbocycles. The number of carbonyl (C=O) groups excluding carboxylic acids is 1. The van der Waals surface area contributed by atoms with Gasteiger partial charge in [-0.2, -0.15) is 0 Å². The molecule has 0 saturated heterocycles. The minimum Gasteiger partial charge on any atom is -0.489 e. The Labute approximate surface area is 106 Å². The molecule has 0 spiro atoms. The average Bonchev–Trinajstić information content (AvgIpc) is 2.38. The molecule has 0 heterocycles. The molecule has 0 unspecified atom stereocenters. The first kappa shape index (κ1) is 12.2. The van der Waals surface area contributed by atoms with Crippen molar-refractivity contribution in [2.45, 2.75) is 13.5 Å². The first-order valence-electron chi connectivity index (χ1n) is 5.73. The van der Waals surface area contributed by atoms with Crippen LogP contribution in [0.15, 0.2) is 48.5 Å². The summed E-state index contributed by atoms with van der Waals surface area (Å²) in [6.07, 6.45) is 0. The quantitative estimate of drug-likeness (QED) is 0.894. The van der Waals surface area contributed by atoms with Crippen molar-refractivity contribution >= 4 is 5.91 Å². The molecule has 92 valence electrons. The third-order valence-corrected chi connectivity index (χ3v) is 2.66. The van der Waals surface area contributed by atoms with Crippen LogP contribution in [0, 0.1) is 6.92 Å². The van der Waals surface area contributed by atoms with Gasteiger partial charge >= 0.3 is 0 Å². The number of ether oxygens (including phenoxy) is 1. The summed E-state index contributed by atoms with van der Waals surface area (Å²) in [5.74, 6) is 0.417. The van der Waals surface area contributed by atoms with Crippen LogP contribution in [-0.4, -0.2) is 5.91 Å². The van der Waals surface area contributed by atoms with Gasteiger partial charge in [-0.05, 0) is 36.8 Å². The Balaban J connectivity index is 1.97. The van der Waals surface area contributed by atoms with Crippen molar-refractivity contribution in [2.24, 2.45) is 5.73 Å². The van der Waals surface area contributed by atoms with Gasteiger partial charge in [0, 0.05) is 5.56 Å². The maximum Gasteiger partial charge on any atom is 0.248 e. The highest BCUT2D eigenvalue weighted by molar-refractivity contribution is 5.92. The molecule has 0 fully saturated rings. The molecule has 3 heteroatoms. The van der Waals surface area contributed by atoms with Gasteiger partial charge in [-0.15, -0.1) is 0 Å². The molecule has 2 rings (SSSR count). The molecule has 0 aliphatic rings. The number of aryl methyl sites for hydroxylation is 1. The number of nitrogens with two attached hydrogens (primary N) is 1. The van der Waals surface area contributed by atoms with Crippen LogP contribution in [0.2, 0.25) is 0 Å². The third kappa shape index (κ3) is 3.10. The Morgan fingerprint density at radius 3 is 2.22 bits per heavy atom. The van der Waals surface area contributed by atoms with Gasteiger partial charge in [0.25, 0.3) is 0 Å². The molecule has 3 nitrogen and oxygen atoms in total. The van der Waals surface area contributed by atoms with E-state index in [-0.39, 0.29) is 0 Å². The molecule has 0 saturated carbocycles. The van der Waals surface area contributed by atoms with Crippen molar-refractivity contribution in [3.63, 3.8) is 0 Å². The molecule has 2 aromatic carbocycles. The number of hydrogen-bond acceptors (Lipinski definition) is 2. The number of rotatable bonds is 4. The van der Waals surface area contributed by atoms with Gasteiger partial charge in [-0.1, -0.05) is 29.8 Å². The monoisotopic (exact) mass is 241 g/mol. The predicted octanol–water partition coefficient (Wildman–Crippen LogP) is 2.67. The van der Waals surface area contributed by atoms with Crippen molar-refractivity contribution < 1.29 is 9.53 Å². The zero-order valence-corrected chi connectivity index (χ0v) is 10.2. The van der Waals surface area contributed by atoms with Crippen LogP contribution in [0.3, 0.4) is 0 Å². The van der Waals surface area contributed by atoms with E-state index >= 15 is 0 Å². The molecule has 0 radical (unpaired) electrons. The maximum atomic E-state index is 10.9. The standard InChI is InChI=1S/C15H15NO2/c1-11-2-8-14(9-3-11)18-10-12-4-6-13(7-5-12)15(16)17/h2-9H,10H2,1H3,(H2,16,17). The lowest BCUT2D eigenvalue weighted by Gasteiger charge is -2.06. The van der Waals surface area contributed by atoms with Crippen molar-refractivity contribution in [1.29, 1.82) is 0 Å². The van der Waals surface area contributed by atoms with E-state index in [0.717, 1.165) is 11.3 Å². The summed E-state index contributed by atoms with van der Waals surface area (Å²) in [7, 11) is 0. The fraction of sp³-hybridized carbons (Fsp3) is 0.133. The summed E-state index contributed by atoms with van der Waals surface area (Å²) < 4.78 is 5.63. The molecule has 0 atom stereocenters. The SMILES string of the molecule is Cc1ccc(OCc2ccc(C(N)=O)cc2)cc1. The summed E-state index contributed by atoms with van der Waals surface area (Å²) in [6, 6.07) is 15.0. The van der Waals surface area contributed by atoms with E-state index in [0.29, 0.717) is 12.2 Å². The number of hydrogen-bond donors (Lipinski definition) is 1. The summed E-state index contributed by atoms with van der Waals surface area (Å²) in [4.78, 5) is 10.9. The molecule has 18 heavy (non-hydrogen) atoms. The molecular formula is C15H15NO2. The van der Waals surface area contributed by atoms with Gasteiger partial charge in [0.1, 0.15) is 12.4 Å². The Bertz CT molecular complexity index is 529. The first-order valence-corrected chi connectivity index (χ1v) is 5.73.